The number of hydrogen-bond acceptors (Lipinski definition) is 5. The smallest absolute Gasteiger partial charge is 0.239 e. The fourth-order valence-electron chi connectivity index (χ4n) is 2.58. The van der Waals surface area contributed by atoms with Crippen LogP contribution in [0.2, 0.25) is 0 Å². The lowest BCUT2D eigenvalue weighted by Crippen LogP contribution is -2.19. The van der Waals surface area contributed by atoms with Gasteiger partial charge in [-0.25, -0.2) is 10.8 Å². The van der Waals surface area contributed by atoms with Crippen LogP contribution in [0.15, 0.2) is 6.07 Å². The molecular formula is C12H19N5. The number of aromatic nitrogens is 2. The summed E-state index contributed by atoms with van der Waals surface area (Å²) in [7, 11) is 0. The molecule has 92 valence electrons. The SMILES string of the molecule is Cc1cc(NCC2(C3CC3)CC2)nc(NN)n1. The molecule has 1 aromatic rings. The molecular weight excluding hydrogens is 214 g/mol. The molecule has 2 saturated carbocycles. The lowest BCUT2D eigenvalue weighted by molar-refractivity contribution is 0.466. The lowest BCUT2D eigenvalue weighted by atomic mass is 10.0. The van der Waals surface area contributed by atoms with Crippen LogP contribution in [-0.4, -0.2) is 16.5 Å². The minimum Gasteiger partial charge on any atom is -0.369 e. The number of rotatable bonds is 5. The Balaban J connectivity index is 1.66. The van der Waals surface area contributed by atoms with Crippen molar-refractivity contribution in [3.63, 3.8) is 0 Å². The molecule has 1 heterocycles. The zero-order valence-electron chi connectivity index (χ0n) is 10.2. The maximum absolute atomic E-state index is 5.34. The summed E-state index contributed by atoms with van der Waals surface area (Å²) >= 11 is 0. The highest BCUT2D eigenvalue weighted by Crippen LogP contribution is 2.61. The van der Waals surface area contributed by atoms with Crippen molar-refractivity contribution in [2.24, 2.45) is 17.2 Å². The van der Waals surface area contributed by atoms with Crippen LogP contribution in [0, 0.1) is 18.3 Å². The minimum atomic E-state index is 0.476. The van der Waals surface area contributed by atoms with Gasteiger partial charge in [-0.15, -0.1) is 0 Å². The fourth-order valence-corrected chi connectivity index (χ4v) is 2.58. The Morgan fingerprint density at radius 2 is 2.18 bits per heavy atom. The fraction of sp³-hybridized carbons (Fsp3) is 0.667. The van der Waals surface area contributed by atoms with E-state index < -0.39 is 0 Å². The van der Waals surface area contributed by atoms with Gasteiger partial charge in [0.05, 0.1) is 0 Å². The molecule has 0 bridgehead atoms. The second-order valence-electron chi connectivity index (χ2n) is 5.35. The second kappa shape index (κ2) is 3.84. The van der Waals surface area contributed by atoms with Crippen LogP contribution in [0.1, 0.15) is 31.4 Å². The van der Waals surface area contributed by atoms with Crippen LogP contribution in [0.25, 0.3) is 0 Å². The van der Waals surface area contributed by atoms with Gasteiger partial charge in [-0.3, -0.25) is 5.43 Å². The van der Waals surface area contributed by atoms with Gasteiger partial charge in [0.15, 0.2) is 0 Å². The third-order valence-electron chi connectivity index (χ3n) is 3.94. The Labute approximate surface area is 101 Å². The molecule has 1 aromatic heterocycles. The molecule has 0 saturated heterocycles. The highest BCUT2D eigenvalue weighted by Gasteiger charge is 2.53. The number of hydrogen-bond donors (Lipinski definition) is 3. The summed E-state index contributed by atoms with van der Waals surface area (Å²) < 4.78 is 0. The maximum Gasteiger partial charge on any atom is 0.239 e. The quantitative estimate of drug-likeness (QED) is 0.533. The Morgan fingerprint density at radius 1 is 1.41 bits per heavy atom. The van der Waals surface area contributed by atoms with E-state index in [0.29, 0.717) is 11.4 Å². The Bertz CT molecular complexity index is 423. The van der Waals surface area contributed by atoms with Crippen molar-refractivity contribution in [2.45, 2.75) is 32.6 Å². The van der Waals surface area contributed by atoms with Gasteiger partial charge in [-0.2, -0.15) is 4.98 Å². The lowest BCUT2D eigenvalue weighted by Gasteiger charge is -2.15. The molecule has 3 rings (SSSR count). The maximum atomic E-state index is 5.34. The average molecular weight is 233 g/mol. The standard InChI is InChI=1S/C12H19N5/c1-8-6-10(16-11(15-8)17-13)14-7-12(4-5-12)9-2-3-9/h6,9H,2-5,7,13H2,1H3,(H2,14,15,16,17). The summed E-state index contributed by atoms with van der Waals surface area (Å²) in [5.41, 5.74) is 4.00. The molecule has 0 unspecified atom stereocenters. The molecule has 4 N–H and O–H groups in total. The van der Waals surface area contributed by atoms with Gasteiger partial charge >= 0.3 is 0 Å². The zero-order chi connectivity index (χ0) is 11.9. The largest absolute Gasteiger partial charge is 0.369 e. The van der Waals surface area contributed by atoms with E-state index in [1.165, 1.54) is 25.7 Å². The van der Waals surface area contributed by atoms with E-state index in [1.807, 2.05) is 13.0 Å². The molecule has 2 aliphatic carbocycles. The third-order valence-corrected chi connectivity index (χ3v) is 3.94. The summed E-state index contributed by atoms with van der Waals surface area (Å²) in [6.07, 6.45) is 5.58. The Hall–Kier alpha value is -1.36. The summed E-state index contributed by atoms with van der Waals surface area (Å²) in [6.45, 7) is 2.99. The number of nitrogen functional groups attached to an aromatic ring is 1. The van der Waals surface area contributed by atoms with Gasteiger partial charge in [-0.1, -0.05) is 0 Å². The van der Waals surface area contributed by atoms with Crippen molar-refractivity contribution in [1.82, 2.24) is 9.97 Å². The third kappa shape index (κ3) is 2.20. The van der Waals surface area contributed by atoms with E-state index in [0.717, 1.165) is 24.0 Å². The average Bonchev–Trinajstić information content (AvgIpc) is 3.15. The Kier molecular flexibility index (Phi) is 2.43. The van der Waals surface area contributed by atoms with Crippen molar-refractivity contribution in [3.8, 4) is 0 Å². The first-order valence-electron chi connectivity index (χ1n) is 6.28. The van der Waals surface area contributed by atoms with Crippen LogP contribution in [-0.2, 0) is 0 Å². The second-order valence-corrected chi connectivity index (χ2v) is 5.35. The van der Waals surface area contributed by atoms with Crippen molar-refractivity contribution in [3.05, 3.63) is 11.8 Å². The van der Waals surface area contributed by atoms with E-state index in [1.54, 1.807) is 0 Å². The van der Waals surface area contributed by atoms with E-state index in [9.17, 15) is 0 Å². The first-order chi connectivity index (χ1) is 8.22. The van der Waals surface area contributed by atoms with Crippen LogP contribution in [0.4, 0.5) is 11.8 Å². The van der Waals surface area contributed by atoms with Gasteiger partial charge in [0.2, 0.25) is 5.95 Å². The molecule has 0 spiro atoms. The van der Waals surface area contributed by atoms with Crippen LogP contribution in [0.3, 0.4) is 0 Å². The molecule has 2 fully saturated rings. The number of nitrogens with zero attached hydrogens (tertiary/aromatic N) is 2. The van der Waals surface area contributed by atoms with Crippen molar-refractivity contribution in [2.75, 3.05) is 17.3 Å². The molecule has 0 aromatic carbocycles. The minimum absolute atomic E-state index is 0.476. The van der Waals surface area contributed by atoms with Gasteiger partial charge in [-0.05, 0) is 43.9 Å². The summed E-state index contributed by atoms with van der Waals surface area (Å²) in [5, 5.41) is 3.44. The topological polar surface area (TPSA) is 75.9 Å². The molecule has 0 aliphatic heterocycles. The number of nitrogens with one attached hydrogen (secondary N) is 2. The summed E-state index contributed by atoms with van der Waals surface area (Å²) in [4.78, 5) is 8.48. The first-order valence-corrected chi connectivity index (χ1v) is 6.28. The van der Waals surface area contributed by atoms with E-state index in [2.05, 4.69) is 20.7 Å². The number of hydrazine groups is 1. The van der Waals surface area contributed by atoms with Crippen LogP contribution < -0.4 is 16.6 Å². The summed E-state index contributed by atoms with van der Waals surface area (Å²) in [6, 6.07) is 1.96. The monoisotopic (exact) mass is 233 g/mol. The summed E-state index contributed by atoms with van der Waals surface area (Å²) in [5.74, 6) is 7.65. The Morgan fingerprint density at radius 3 is 2.76 bits per heavy atom. The molecule has 5 heteroatoms. The first kappa shape index (κ1) is 10.8. The molecule has 0 radical (unpaired) electrons. The normalized spacial score (nSPS) is 21.1. The van der Waals surface area contributed by atoms with E-state index in [4.69, 9.17) is 5.84 Å². The molecule has 2 aliphatic rings. The highest BCUT2D eigenvalue weighted by molar-refractivity contribution is 5.42. The molecule has 17 heavy (non-hydrogen) atoms. The molecule has 5 nitrogen and oxygen atoms in total. The number of aryl methyl sites for hydroxylation is 1. The molecule has 0 atom stereocenters. The van der Waals surface area contributed by atoms with Crippen LogP contribution in [0.5, 0.6) is 0 Å². The van der Waals surface area contributed by atoms with Crippen molar-refractivity contribution >= 4 is 11.8 Å². The van der Waals surface area contributed by atoms with Gasteiger partial charge in [0.25, 0.3) is 0 Å². The zero-order valence-corrected chi connectivity index (χ0v) is 10.2. The highest BCUT2D eigenvalue weighted by atomic mass is 15.3. The predicted molar refractivity (Wildman–Crippen MR) is 67.5 cm³/mol. The van der Waals surface area contributed by atoms with E-state index in [-0.39, 0.29) is 0 Å². The van der Waals surface area contributed by atoms with Crippen LogP contribution >= 0.6 is 0 Å². The number of nitrogens with two attached hydrogens (primary N) is 1. The van der Waals surface area contributed by atoms with Gasteiger partial charge in [0.1, 0.15) is 5.82 Å². The van der Waals surface area contributed by atoms with Crippen molar-refractivity contribution < 1.29 is 0 Å². The van der Waals surface area contributed by atoms with Gasteiger partial charge in [0, 0.05) is 18.3 Å². The van der Waals surface area contributed by atoms with E-state index >= 15 is 0 Å². The predicted octanol–water partition coefficient (Wildman–Crippen LogP) is 1.67. The van der Waals surface area contributed by atoms with Gasteiger partial charge < -0.3 is 5.32 Å². The molecule has 0 amide bonds. The van der Waals surface area contributed by atoms with Crippen molar-refractivity contribution in [1.29, 1.82) is 0 Å². The number of anilines is 2.